The molecule has 2 aromatic rings. The number of hydrogen-bond acceptors (Lipinski definition) is 3. The summed E-state index contributed by atoms with van der Waals surface area (Å²) < 4.78 is 0. The molecule has 0 unspecified atom stereocenters. The highest BCUT2D eigenvalue weighted by atomic mass is 35.5. The van der Waals surface area contributed by atoms with Gasteiger partial charge in [-0.2, -0.15) is 5.10 Å². The van der Waals surface area contributed by atoms with Crippen molar-refractivity contribution in [2.24, 2.45) is 5.11 Å². The number of nitrogens with zero attached hydrogens (tertiary/aromatic N) is 4. The highest BCUT2D eigenvalue weighted by molar-refractivity contribution is 6.29. The lowest BCUT2D eigenvalue weighted by Crippen LogP contribution is -2.07. The number of rotatable bonds is 2. The van der Waals surface area contributed by atoms with Crippen LogP contribution in [0.25, 0.3) is 21.7 Å². The molecule has 0 atom stereocenters. The lowest BCUT2D eigenvalue weighted by Gasteiger charge is -2.02. The zero-order chi connectivity index (χ0) is 12.3. The molecule has 6 nitrogen and oxygen atoms in total. The van der Waals surface area contributed by atoms with E-state index < -0.39 is 0 Å². The average Bonchev–Trinajstić information content (AvgIpc) is 2.31. The van der Waals surface area contributed by atoms with Gasteiger partial charge in [-0.1, -0.05) is 41.0 Å². The fraction of sp³-hybridized carbons (Fsp3) is 0. The van der Waals surface area contributed by atoms with E-state index >= 15 is 0 Å². The first-order valence-corrected chi connectivity index (χ1v) is 5.00. The Labute approximate surface area is 100 Å². The van der Waals surface area contributed by atoms with Crippen molar-refractivity contribution in [1.82, 2.24) is 10.2 Å². The van der Waals surface area contributed by atoms with Gasteiger partial charge >= 0.3 is 0 Å². The number of azide groups is 1. The van der Waals surface area contributed by atoms with Gasteiger partial charge in [-0.25, -0.2) is 0 Å². The topological polar surface area (TPSA) is 94.5 Å². The van der Waals surface area contributed by atoms with Crippen LogP contribution in [0.4, 0.5) is 5.69 Å². The Morgan fingerprint density at radius 3 is 2.88 bits per heavy atom. The van der Waals surface area contributed by atoms with Gasteiger partial charge in [0, 0.05) is 22.2 Å². The van der Waals surface area contributed by atoms with E-state index in [1.807, 2.05) is 0 Å². The molecule has 84 valence electrons. The smallest absolute Gasteiger partial charge is 0.209 e. The number of hydrogen-bond donors (Lipinski definition) is 1. The van der Waals surface area contributed by atoms with Gasteiger partial charge < -0.3 is 0 Å². The maximum absolute atomic E-state index is 11.7. The predicted octanol–water partition coefficient (Wildman–Crippen LogP) is 3.03. The minimum Gasteiger partial charge on any atom is -0.287 e. The number of benzene rings is 1. The molecule has 0 saturated carbocycles. The summed E-state index contributed by atoms with van der Waals surface area (Å²) in [6.07, 6.45) is 0. The molecule has 0 amide bonds. The van der Waals surface area contributed by atoms with Crippen molar-refractivity contribution in [2.45, 2.75) is 0 Å². The SMILES string of the molecule is [N-]=[N+]=Nc1ccccc1-c1n[nH]c(Cl)cc1=O. The Morgan fingerprint density at radius 2 is 2.18 bits per heavy atom. The molecule has 1 N–H and O–H groups in total. The van der Waals surface area contributed by atoms with Crippen LogP contribution in [-0.4, -0.2) is 10.2 Å². The molecule has 0 aliphatic rings. The zero-order valence-corrected chi connectivity index (χ0v) is 9.22. The monoisotopic (exact) mass is 247 g/mol. The molecule has 0 aliphatic carbocycles. The third-order valence-electron chi connectivity index (χ3n) is 2.08. The van der Waals surface area contributed by atoms with Crippen LogP contribution in [0.15, 0.2) is 40.2 Å². The standard InChI is InChI=1S/C10H6ClN5O/c11-9-5-8(17)10(15-14-9)6-3-1-2-4-7(6)13-16-12/h1-5H,(H,14,17). The quantitative estimate of drug-likeness (QED) is 0.502. The van der Waals surface area contributed by atoms with Gasteiger partial charge in [0.15, 0.2) is 0 Å². The van der Waals surface area contributed by atoms with Crippen LogP contribution < -0.4 is 5.43 Å². The van der Waals surface area contributed by atoms with Gasteiger partial charge in [0.05, 0.1) is 0 Å². The first-order valence-electron chi connectivity index (χ1n) is 4.62. The molecular weight excluding hydrogens is 242 g/mol. The van der Waals surface area contributed by atoms with Crippen LogP contribution in [0.5, 0.6) is 0 Å². The molecule has 0 fully saturated rings. The molecule has 17 heavy (non-hydrogen) atoms. The second kappa shape index (κ2) is 4.69. The highest BCUT2D eigenvalue weighted by Crippen LogP contribution is 2.26. The minimum absolute atomic E-state index is 0.153. The van der Waals surface area contributed by atoms with Crippen LogP contribution in [0.1, 0.15) is 0 Å². The summed E-state index contributed by atoms with van der Waals surface area (Å²) in [5.74, 6) is 0. The van der Waals surface area contributed by atoms with Gasteiger partial charge in [0.2, 0.25) is 5.43 Å². The van der Waals surface area contributed by atoms with Gasteiger partial charge in [-0.05, 0) is 5.53 Å². The van der Waals surface area contributed by atoms with Crippen LogP contribution in [0.2, 0.25) is 5.15 Å². The van der Waals surface area contributed by atoms with Gasteiger partial charge in [0.1, 0.15) is 10.8 Å². The second-order valence-corrected chi connectivity index (χ2v) is 3.54. The fourth-order valence-corrected chi connectivity index (χ4v) is 1.52. The summed E-state index contributed by atoms with van der Waals surface area (Å²) in [6, 6.07) is 7.90. The fourth-order valence-electron chi connectivity index (χ4n) is 1.38. The molecule has 0 saturated heterocycles. The lowest BCUT2D eigenvalue weighted by molar-refractivity contribution is 1.03. The molecule has 1 aromatic carbocycles. The van der Waals surface area contributed by atoms with E-state index in [-0.39, 0.29) is 16.3 Å². The van der Waals surface area contributed by atoms with Crippen LogP contribution in [-0.2, 0) is 0 Å². The molecule has 0 bridgehead atoms. The van der Waals surface area contributed by atoms with Crippen LogP contribution >= 0.6 is 11.6 Å². The van der Waals surface area contributed by atoms with Gasteiger partial charge in [-0.15, -0.1) is 0 Å². The average molecular weight is 248 g/mol. The summed E-state index contributed by atoms with van der Waals surface area (Å²) in [5.41, 5.74) is 9.07. The highest BCUT2D eigenvalue weighted by Gasteiger charge is 2.09. The van der Waals surface area contributed by atoms with Crippen LogP contribution in [0, 0.1) is 0 Å². The summed E-state index contributed by atoms with van der Waals surface area (Å²) in [6.45, 7) is 0. The van der Waals surface area contributed by atoms with Gasteiger partial charge in [-0.3, -0.25) is 9.89 Å². The van der Waals surface area contributed by atoms with E-state index in [0.29, 0.717) is 11.3 Å². The molecule has 2 rings (SSSR count). The number of nitrogens with one attached hydrogen (secondary N) is 1. The van der Waals surface area contributed by atoms with E-state index in [1.165, 1.54) is 6.07 Å². The number of aromatic amines is 1. The van der Waals surface area contributed by atoms with Gasteiger partial charge in [0.25, 0.3) is 0 Å². The summed E-state index contributed by atoms with van der Waals surface area (Å²) in [7, 11) is 0. The Bertz CT molecular complexity index is 660. The first kappa shape index (κ1) is 11.2. The third kappa shape index (κ3) is 2.28. The Kier molecular flexibility index (Phi) is 3.09. The van der Waals surface area contributed by atoms with Crippen molar-refractivity contribution in [3.05, 3.63) is 56.2 Å². The van der Waals surface area contributed by atoms with E-state index in [0.717, 1.165) is 0 Å². The zero-order valence-electron chi connectivity index (χ0n) is 8.46. The van der Waals surface area contributed by atoms with Crippen LogP contribution in [0.3, 0.4) is 0 Å². The summed E-state index contributed by atoms with van der Waals surface area (Å²) in [4.78, 5) is 14.4. The molecule has 7 heteroatoms. The molecule has 1 heterocycles. The van der Waals surface area contributed by atoms with E-state index in [1.54, 1.807) is 24.3 Å². The second-order valence-electron chi connectivity index (χ2n) is 3.14. The normalized spacial score (nSPS) is 9.71. The Hall–Kier alpha value is -2.30. The van der Waals surface area contributed by atoms with E-state index in [4.69, 9.17) is 17.1 Å². The number of H-pyrrole nitrogens is 1. The third-order valence-corrected chi connectivity index (χ3v) is 2.27. The first-order chi connectivity index (χ1) is 8.22. The Balaban J connectivity index is 2.68. The summed E-state index contributed by atoms with van der Waals surface area (Å²) in [5, 5.41) is 9.98. The molecule has 1 aromatic heterocycles. The lowest BCUT2D eigenvalue weighted by atomic mass is 10.1. The largest absolute Gasteiger partial charge is 0.287 e. The number of halogens is 1. The van der Waals surface area contributed by atoms with E-state index in [2.05, 4.69) is 20.2 Å². The van der Waals surface area contributed by atoms with Crippen molar-refractivity contribution in [3.63, 3.8) is 0 Å². The maximum atomic E-state index is 11.7. The van der Waals surface area contributed by atoms with Crippen molar-refractivity contribution in [3.8, 4) is 11.3 Å². The Morgan fingerprint density at radius 1 is 1.41 bits per heavy atom. The predicted molar refractivity (Wildman–Crippen MR) is 64.1 cm³/mol. The summed E-state index contributed by atoms with van der Waals surface area (Å²) >= 11 is 5.61. The van der Waals surface area contributed by atoms with Crippen molar-refractivity contribution in [1.29, 1.82) is 0 Å². The van der Waals surface area contributed by atoms with E-state index in [9.17, 15) is 4.79 Å². The molecule has 0 radical (unpaired) electrons. The van der Waals surface area contributed by atoms with Crippen molar-refractivity contribution < 1.29 is 0 Å². The number of aromatic nitrogens is 2. The van der Waals surface area contributed by atoms with Crippen molar-refractivity contribution >= 4 is 17.3 Å². The molecule has 0 aliphatic heterocycles. The molecular formula is C10H6ClN5O. The minimum atomic E-state index is -0.339. The molecule has 0 spiro atoms. The maximum Gasteiger partial charge on any atom is 0.209 e. The van der Waals surface area contributed by atoms with Crippen molar-refractivity contribution in [2.75, 3.05) is 0 Å².